The van der Waals surface area contributed by atoms with Crippen LogP contribution in [0.15, 0.2) is 77.7 Å². The maximum absolute atomic E-state index is 12.9. The number of anilines is 1. The molecule has 0 heterocycles. The summed E-state index contributed by atoms with van der Waals surface area (Å²) < 4.78 is 27.9. The number of benzene rings is 3. The summed E-state index contributed by atoms with van der Waals surface area (Å²) in [6, 6.07) is 19.3. The van der Waals surface area contributed by atoms with Gasteiger partial charge in [-0.2, -0.15) is 0 Å². The number of hydrogen-bond acceptors (Lipinski definition) is 4. The number of carbonyl (C=O) groups is 1. The topological polar surface area (TPSA) is 89.3 Å². The van der Waals surface area contributed by atoms with Crippen molar-refractivity contribution in [1.82, 2.24) is 0 Å². The first-order valence-corrected chi connectivity index (χ1v) is 9.98. The van der Waals surface area contributed by atoms with Crippen molar-refractivity contribution in [3.63, 3.8) is 0 Å². The molecule has 0 aliphatic carbocycles. The summed E-state index contributed by atoms with van der Waals surface area (Å²) >= 11 is 5.82. The monoisotopic (exact) mass is 400 g/mol. The quantitative estimate of drug-likeness (QED) is 0.615. The van der Waals surface area contributed by atoms with Gasteiger partial charge in [-0.3, -0.25) is 9.52 Å². The number of nitrogens with one attached hydrogen (secondary N) is 1. The normalized spacial score (nSPS) is 11.2. The first kappa shape index (κ1) is 19.1. The van der Waals surface area contributed by atoms with Gasteiger partial charge in [-0.15, -0.1) is 0 Å². The van der Waals surface area contributed by atoms with Gasteiger partial charge in [0.2, 0.25) is 0 Å². The highest BCUT2D eigenvalue weighted by atomic mass is 35.5. The van der Waals surface area contributed by atoms with Crippen LogP contribution in [0.25, 0.3) is 0 Å². The molecule has 0 saturated carbocycles. The number of rotatable bonds is 6. The number of sulfonamides is 1. The van der Waals surface area contributed by atoms with E-state index in [1.54, 1.807) is 48.5 Å². The van der Waals surface area contributed by atoms with Crippen LogP contribution < -0.4 is 10.5 Å². The minimum atomic E-state index is -3.88. The lowest BCUT2D eigenvalue weighted by atomic mass is 10.00. The fraction of sp³-hybridized carbons (Fsp3) is 0.0500. The van der Waals surface area contributed by atoms with Gasteiger partial charge in [-0.25, -0.2) is 8.42 Å². The van der Waals surface area contributed by atoms with E-state index in [9.17, 15) is 13.2 Å². The van der Waals surface area contributed by atoms with Crippen LogP contribution >= 0.6 is 11.6 Å². The molecular formula is C20H17ClN2O3S. The summed E-state index contributed by atoms with van der Waals surface area (Å²) in [7, 11) is -3.88. The molecular weight excluding hydrogens is 384 g/mol. The molecule has 0 atom stereocenters. The lowest BCUT2D eigenvalue weighted by Gasteiger charge is -2.14. The predicted molar refractivity (Wildman–Crippen MR) is 106 cm³/mol. The highest BCUT2D eigenvalue weighted by Gasteiger charge is 2.20. The van der Waals surface area contributed by atoms with Gasteiger partial charge in [0.1, 0.15) is 0 Å². The second-order valence-electron chi connectivity index (χ2n) is 5.84. The minimum absolute atomic E-state index is 0.0490. The Morgan fingerprint density at radius 1 is 0.963 bits per heavy atom. The fourth-order valence-corrected chi connectivity index (χ4v) is 3.76. The first-order chi connectivity index (χ1) is 12.9. The molecule has 3 aromatic carbocycles. The number of hydrogen-bond donors (Lipinski definition) is 2. The summed E-state index contributed by atoms with van der Waals surface area (Å²) in [5.74, 6) is -0.292. The van der Waals surface area contributed by atoms with E-state index in [0.29, 0.717) is 10.6 Å². The largest absolute Gasteiger partial charge is 0.326 e. The molecule has 0 unspecified atom stereocenters. The number of halogens is 1. The molecule has 0 amide bonds. The SMILES string of the molecule is NCc1ccc(NS(=O)(=O)c2ccc(Cl)cc2)c(C(=O)c2ccccc2)c1. The Kier molecular flexibility index (Phi) is 5.60. The van der Waals surface area contributed by atoms with Gasteiger partial charge in [-0.05, 0) is 42.0 Å². The molecule has 5 nitrogen and oxygen atoms in total. The van der Waals surface area contributed by atoms with E-state index in [2.05, 4.69) is 4.72 Å². The van der Waals surface area contributed by atoms with Crippen molar-refractivity contribution in [2.45, 2.75) is 11.4 Å². The average Bonchev–Trinajstić information content (AvgIpc) is 2.68. The zero-order valence-electron chi connectivity index (χ0n) is 14.2. The van der Waals surface area contributed by atoms with Crippen LogP contribution in [0.5, 0.6) is 0 Å². The molecule has 7 heteroatoms. The Balaban J connectivity index is 2.02. The van der Waals surface area contributed by atoms with Crippen LogP contribution in [0.4, 0.5) is 5.69 Å². The Morgan fingerprint density at radius 3 is 2.26 bits per heavy atom. The van der Waals surface area contributed by atoms with Crippen molar-refractivity contribution < 1.29 is 13.2 Å². The zero-order valence-corrected chi connectivity index (χ0v) is 15.8. The summed E-state index contributed by atoms with van der Waals surface area (Å²) in [4.78, 5) is 13.0. The van der Waals surface area contributed by atoms with Gasteiger partial charge in [0.15, 0.2) is 5.78 Å². The van der Waals surface area contributed by atoms with Crippen LogP contribution in [0, 0.1) is 0 Å². The smallest absolute Gasteiger partial charge is 0.261 e. The third kappa shape index (κ3) is 4.36. The molecule has 0 saturated heterocycles. The Bertz CT molecular complexity index is 1070. The van der Waals surface area contributed by atoms with Crippen LogP contribution in [0.2, 0.25) is 5.02 Å². The lowest BCUT2D eigenvalue weighted by Crippen LogP contribution is -2.16. The zero-order chi connectivity index (χ0) is 19.4. The van der Waals surface area contributed by atoms with Crippen molar-refractivity contribution in [2.24, 2.45) is 5.73 Å². The molecule has 138 valence electrons. The summed E-state index contributed by atoms with van der Waals surface area (Å²) in [6.07, 6.45) is 0. The molecule has 0 fully saturated rings. The standard InChI is InChI=1S/C20H17ClN2O3S/c21-16-7-9-17(10-8-16)27(25,26)23-19-11-6-14(13-22)12-18(19)20(24)15-4-2-1-3-5-15/h1-12,23H,13,22H2. The summed E-state index contributed by atoms with van der Waals surface area (Å²) in [5, 5.41) is 0.432. The predicted octanol–water partition coefficient (Wildman–Crippen LogP) is 3.83. The number of carbonyl (C=O) groups excluding carboxylic acids is 1. The van der Waals surface area contributed by atoms with E-state index in [4.69, 9.17) is 17.3 Å². The molecule has 3 aromatic rings. The minimum Gasteiger partial charge on any atom is -0.326 e. The summed E-state index contributed by atoms with van der Waals surface area (Å²) in [6.45, 7) is 0.235. The molecule has 3 rings (SSSR count). The third-order valence-electron chi connectivity index (χ3n) is 3.97. The molecule has 0 bridgehead atoms. The van der Waals surface area contributed by atoms with Crippen molar-refractivity contribution in [3.8, 4) is 0 Å². The van der Waals surface area contributed by atoms with E-state index < -0.39 is 10.0 Å². The molecule has 0 aromatic heterocycles. The molecule has 0 radical (unpaired) electrons. The molecule has 3 N–H and O–H groups in total. The van der Waals surface area contributed by atoms with E-state index >= 15 is 0 Å². The van der Waals surface area contributed by atoms with Gasteiger partial charge in [0.25, 0.3) is 10.0 Å². The highest BCUT2D eigenvalue weighted by Crippen LogP contribution is 2.25. The number of nitrogens with two attached hydrogens (primary N) is 1. The van der Waals surface area contributed by atoms with Crippen LogP contribution in [0.3, 0.4) is 0 Å². The van der Waals surface area contributed by atoms with Gasteiger partial charge in [-0.1, -0.05) is 48.0 Å². The van der Waals surface area contributed by atoms with Gasteiger partial charge in [0, 0.05) is 22.7 Å². The third-order valence-corrected chi connectivity index (χ3v) is 5.60. The van der Waals surface area contributed by atoms with Gasteiger partial charge >= 0.3 is 0 Å². The van der Waals surface area contributed by atoms with Crippen LogP contribution in [-0.2, 0) is 16.6 Å². The molecule has 0 aliphatic heterocycles. The number of ketones is 1. The maximum atomic E-state index is 12.9. The van der Waals surface area contributed by atoms with Crippen LogP contribution in [0.1, 0.15) is 21.5 Å². The summed E-state index contributed by atoms with van der Waals surface area (Å²) in [5.41, 5.74) is 7.29. The van der Waals surface area contributed by atoms with Crippen molar-refractivity contribution in [3.05, 3.63) is 94.5 Å². The van der Waals surface area contributed by atoms with Crippen LogP contribution in [-0.4, -0.2) is 14.2 Å². The Morgan fingerprint density at radius 2 is 1.63 bits per heavy atom. The lowest BCUT2D eigenvalue weighted by molar-refractivity contribution is 0.103. The van der Waals surface area contributed by atoms with E-state index in [-0.39, 0.29) is 28.5 Å². The van der Waals surface area contributed by atoms with Crippen molar-refractivity contribution in [1.29, 1.82) is 0 Å². The Hall–Kier alpha value is -2.67. The van der Waals surface area contributed by atoms with E-state index in [1.165, 1.54) is 24.3 Å². The maximum Gasteiger partial charge on any atom is 0.261 e. The average molecular weight is 401 g/mol. The van der Waals surface area contributed by atoms with Gasteiger partial charge < -0.3 is 5.73 Å². The van der Waals surface area contributed by atoms with Crippen molar-refractivity contribution in [2.75, 3.05) is 4.72 Å². The second kappa shape index (κ2) is 7.92. The molecule has 27 heavy (non-hydrogen) atoms. The molecule has 0 aliphatic rings. The Labute approximate surface area is 162 Å². The van der Waals surface area contributed by atoms with E-state index in [1.807, 2.05) is 0 Å². The van der Waals surface area contributed by atoms with Gasteiger partial charge in [0.05, 0.1) is 10.6 Å². The fourth-order valence-electron chi connectivity index (χ4n) is 2.56. The highest BCUT2D eigenvalue weighted by molar-refractivity contribution is 7.92. The van der Waals surface area contributed by atoms with Crippen molar-refractivity contribution >= 4 is 33.1 Å². The second-order valence-corrected chi connectivity index (χ2v) is 7.96. The van der Waals surface area contributed by atoms with E-state index in [0.717, 1.165) is 5.56 Å². The first-order valence-electron chi connectivity index (χ1n) is 8.12. The molecule has 0 spiro atoms.